The van der Waals surface area contributed by atoms with Crippen LogP contribution < -0.4 is 0 Å². The Labute approximate surface area is 287 Å². The second kappa shape index (κ2) is 17.2. The number of ether oxygens (including phenoxy) is 4. The van der Waals surface area contributed by atoms with E-state index >= 15 is 0 Å². The van der Waals surface area contributed by atoms with Crippen LogP contribution in [0.4, 0.5) is 0 Å². The molecule has 0 radical (unpaired) electrons. The van der Waals surface area contributed by atoms with Crippen LogP contribution in [-0.2, 0) is 56.9 Å². The first-order chi connectivity index (χ1) is 23.4. The maximum absolute atomic E-state index is 14.2. The second-order valence-corrected chi connectivity index (χ2v) is 14.8. The topological polar surface area (TPSA) is 81.7 Å². The zero-order valence-electron chi connectivity index (χ0n) is 27.2. The van der Waals surface area contributed by atoms with Crippen molar-refractivity contribution < 1.29 is 37.1 Å². The van der Waals surface area contributed by atoms with Crippen molar-refractivity contribution in [2.75, 3.05) is 6.61 Å². The van der Waals surface area contributed by atoms with Crippen LogP contribution in [0.15, 0.2) is 126 Å². The predicted octanol–water partition coefficient (Wildman–Crippen LogP) is 8.60. The molecular formula is C38H43O8PS. The molecule has 2 aliphatic rings. The van der Waals surface area contributed by atoms with Gasteiger partial charge in [-0.05, 0) is 42.7 Å². The maximum atomic E-state index is 14.2. The molecule has 4 aromatic rings. The Bertz CT molecular complexity index is 1550. The van der Waals surface area contributed by atoms with Gasteiger partial charge in [0.05, 0.1) is 38.6 Å². The van der Waals surface area contributed by atoms with Gasteiger partial charge in [-0.15, -0.1) is 0 Å². The Morgan fingerprint density at radius 3 is 1.67 bits per heavy atom. The molecule has 10 heteroatoms. The number of phosphoric ester groups is 1. The quantitative estimate of drug-likeness (QED) is 0.121. The van der Waals surface area contributed by atoms with Crippen molar-refractivity contribution in [3.63, 3.8) is 0 Å². The highest BCUT2D eigenvalue weighted by Gasteiger charge is 2.53. The highest BCUT2D eigenvalue weighted by molar-refractivity contribution is 7.99. The van der Waals surface area contributed by atoms with E-state index in [1.165, 1.54) is 11.8 Å². The van der Waals surface area contributed by atoms with E-state index in [1.807, 2.05) is 135 Å². The highest BCUT2D eigenvalue weighted by Crippen LogP contribution is 2.58. The minimum atomic E-state index is -4.01. The Morgan fingerprint density at radius 1 is 0.646 bits per heavy atom. The third-order valence-electron chi connectivity index (χ3n) is 8.08. The van der Waals surface area contributed by atoms with Gasteiger partial charge in [0, 0.05) is 11.3 Å². The van der Waals surface area contributed by atoms with E-state index in [1.54, 1.807) is 0 Å². The van der Waals surface area contributed by atoms with E-state index in [9.17, 15) is 4.57 Å². The normalized spacial score (nSPS) is 29.0. The molecule has 6 rings (SSSR count). The van der Waals surface area contributed by atoms with Gasteiger partial charge < -0.3 is 18.9 Å². The molecule has 48 heavy (non-hydrogen) atoms. The molecule has 0 spiro atoms. The fourth-order valence-corrected chi connectivity index (χ4v) is 8.80. The number of benzene rings is 4. The molecule has 2 saturated heterocycles. The number of rotatable bonds is 14. The van der Waals surface area contributed by atoms with Gasteiger partial charge in [0.1, 0.15) is 29.9 Å². The standard InChI is InChI=1S/C38H43O8PS/c1-28-23-29(2)45-47(39,44-28)46-37-36(42-26-32-19-11-5-12-20-32)35(41-25-31-17-9-4-10-18-31)34(27-40-24-30-15-7-3-8-16-30)43-38(37)48-33-21-13-6-14-22-33/h3-22,28-29,34-38H,23-27H2,1-2H3/t28-,29-,34?,35?,36?,37?,38?/m0/s1. The van der Waals surface area contributed by atoms with Crippen molar-refractivity contribution in [1.29, 1.82) is 0 Å². The van der Waals surface area contributed by atoms with Crippen LogP contribution in [0.25, 0.3) is 0 Å². The molecule has 0 N–H and O–H groups in total. The summed E-state index contributed by atoms with van der Waals surface area (Å²) in [6, 6.07) is 39.8. The monoisotopic (exact) mass is 690 g/mol. The van der Waals surface area contributed by atoms with E-state index in [0.717, 1.165) is 21.6 Å². The lowest BCUT2D eigenvalue weighted by Gasteiger charge is -2.46. The van der Waals surface area contributed by atoms with Crippen LogP contribution in [0.5, 0.6) is 0 Å². The zero-order valence-corrected chi connectivity index (χ0v) is 29.0. The minimum Gasteiger partial charge on any atom is -0.374 e. The fraction of sp³-hybridized carbons (Fsp3) is 0.368. The summed E-state index contributed by atoms with van der Waals surface area (Å²) in [7, 11) is -4.01. The van der Waals surface area contributed by atoms with Crippen molar-refractivity contribution in [3.8, 4) is 0 Å². The highest BCUT2D eigenvalue weighted by atomic mass is 32.2. The first-order valence-corrected chi connectivity index (χ1v) is 18.7. The predicted molar refractivity (Wildman–Crippen MR) is 185 cm³/mol. The molecule has 4 aromatic carbocycles. The van der Waals surface area contributed by atoms with Crippen LogP contribution in [0, 0.1) is 0 Å². The molecule has 2 fully saturated rings. The van der Waals surface area contributed by atoms with Gasteiger partial charge >= 0.3 is 7.82 Å². The summed E-state index contributed by atoms with van der Waals surface area (Å²) in [6.07, 6.45) is -2.85. The van der Waals surface area contributed by atoms with Gasteiger partial charge in [-0.3, -0.25) is 13.6 Å². The Kier molecular flexibility index (Phi) is 12.6. The summed E-state index contributed by atoms with van der Waals surface area (Å²) < 4.78 is 59.0. The summed E-state index contributed by atoms with van der Waals surface area (Å²) >= 11 is 1.47. The molecule has 0 bridgehead atoms. The number of thioether (sulfide) groups is 1. The molecule has 254 valence electrons. The lowest BCUT2D eigenvalue weighted by Crippen LogP contribution is -2.60. The lowest BCUT2D eigenvalue weighted by molar-refractivity contribution is -0.241. The number of phosphoric acid groups is 1. The average molecular weight is 691 g/mol. The first kappa shape index (κ1) is 35.0. The molecule has 2 aliphatic heterocycles. The van der Waals surface area contributed by atoms with Crippen molar-refractivity contribution in [2.24, 2.45) is 0 Å². The molecule has 8 nitrogen and oxygen atoms in total. The van der Waals surface area contributed by atoms with Gasteiger partial charge in [-0.25, -0.2) is 4.57 Å². The van der Waals surface area contributed by atoms with E-state index in [0.29, 0.717) is 19.6 Å². The van der Waals surface area contributed by atoms with Gasteiger partial charge in [0.25, 0.3) is 0 Å². The van der Waals surface area contributed by atoms with Gasteiger partial charge in [0.2, 0.25) is 0 Å². The van der Waals surface area contributed by atoms with E-state index in [-0.39, 0.29) is 25.4 Å². The minimum absolute atomic E-state index is 0.233. The zero-order chi connectivity index (χ0) is 33.2. The molecule has 2 heterocycles. The van der Waals surface area contributed by atoms with E-state index in [2.05, 4.69) is 0 Å². The summed E-state index contributed by atoms with van der Waals surface area (Å²) in [6.45, 7) is 4.96. The maximum Gasteiger partial charge on any atom is 0.475 e. The van der Waals surface area contributed by atoms with Gasteiger partial charge in [0.15, 0.2) is 0 Å². The summed E-state index contributed by atoms with van der Waals surface area (Å²) in [5, 5.41) is 0. The first-order valence-electron chi connectivity index (χ1n) is 16.4. The third-order valence-corrected chi connectivity index (χ3v) is 11.0. The molecule has 5 unspecified atom stereocenters. The van der Waals surface area contributed by atoms with E-state index < -0.39 is 37.7 Å². The van der Waals surface area contributed by atoms with E-state index in [4.69, 9.17) is 32.5 Å². The Hall–Kier alpha value is -2.82. The van der Waals surface area contributed by atoms with Crippen molar-refractivity contribution in [2.45, 2.75) is 87.0 Å². The smallest absolute Gasteiger partial charge is 0.374 e. The summed E-state index contributed by atoms with van der Waals surface area (Å²) in [5.74, 6) is 0. The number of hydrogen-bond acceptors (Lipinski definition) is 9. The molecule has 7 atom stereocenters. The van der Waals surface area contributed by atoms with Gasteiger partial charge in [-0.1, -0.05) is 121 Å². The van der Waals surface area contributed by atoms with Crippen molar-refractivity contribution in [3.05, 3.63) is 138 Å². The number of hydrogen-bond donors (Lipinski definition) is 0. The molecule has 0 saturated carbocycles. The van der Waals surface area contributed by atoms with Crippen molar-refractivity contribution >= 4 is 19.6 Å². The molecule has 0 aromatic heterocycles. The van der Waals surface area contributed by atoms with Crippen LogP contribution in [0.2, 0.25) is 0 Å². The van der Waals surface area contributed by atoms with Crippen LogP contribution in [0.1, 0.15) is 37.0 Å². The fourth-order valence-electron chi connectivity index (χ4n) is 5.86. The molecular weight excluding hydrogens is 647 g/mol. The van der Waals surface area contributed by atoms with Crippen LogP contribution in [0.3, 0.4) is 0 Å². The molecule has 0 aliphatic carbocycles. The van der Waals surface area contributed by atoms with Crippen LogP contribution >= 0.6 is 19.6 Å². The summed E-state index contributed by atoms with van der Waals surface area (Å²) in [4.78, 5) is 0.955. The third kappa shape index (κ3) is 9.88. The van der Waals surface area contributed by atoms with Crippen molar-refractivity contribution in [1.82, 2.24) is 0 Å². The molecule has 0 amide bonds. The average Bonchev–Trinajstić information content (AvgIpc) is 3.09. The second-order valence-electron chi connectivity index (χ2n) is 12.1. The SMILES string of the molecule is C[C@H]1C[C@H](C)OP(=O)(OC2C(Sc3ccccc3)OC(COCc3ccccc3)C(OCc3ccccc3)C2OCc2ccccc2)O1. The Morgan fingerprint density at radius 2 is 1.12 bits per heavy atom. The van der Waals surface area contributed by atoms with Gasteiger partial charge in [-0.2, -0.15) is 0 Å². The summed E-state index contributed by atoms with van der Waals surface area (Å²) in [5.41, 5.74) is 2.36. The lowest BCUT2D eigenvalue weighted by atomic mass is 9.99. The Balaban J connectivity index is 1.35. The van der Waals surface area contributed by atoms with Crippen LogP contribution in [-0.4, -0.2) is 48.7 Å². The largest absolute Gasteiger partial charge is 0.475 e.